The lowest BCUT2D eigenvalue weighted by Crippen LogP contribution is -2.43. The molecule has 126 valence electrons. The minimum atomic E-state index is 0.0163. The van der Waals surface area contributed by atoms with Crippen LogP contribution < -0.4 is 5.32 Å². The van der Waals surface area contributed by atoms with Crippen molar-refractivity contribution in [2.24, 2.45) is 11.8 Å². The number of carbonyl (C=O) groups excluding carboxylic acids is 2. The van der Waals surface area contributed by atoms with Gasteiger partial charge in [-0.25, -0.2) is 4.98 Å². The van der Waals surface area contributed by atoms with E-state index >= 15 is 0 Å². The van der Waals surface area contributed by atoms with Gasteiger partial charge in [0, 0.05) is 24.9 Å². The Kier molecular flexibility index (Phi) is 4.22. The Hall–Kier alpha value is -1.95. The molecule has 0 radical (unpaired) electrons. The maximum atomic E-state index is 12.4. The highest BCUT2D eigenvalue weighted by molar-refractivity contribution is 7.18. The minimum Gasteiger partial charge on any atom is -0.349 e. The second-order valence-electron chi connectivity index (χ2n) is 6.67. The molecule has 2 aliphatic rings. The zero-order chi connectivity index (χ0) is 16.5. The third kappa shape index (κ3) is 3.29. The SMILES string of the molecule is O=C(NCc1nc2ccccc2s1)C1CCN(C(=O)C2CC2)CC1. The number of hydrogen-bond acceptors (Lipinski definition) is 4. The van der Waals surface area contributed by atoms with Gasteiger partial charge in [0.2, 0.25) is 11.8 Å². The van der Waals surface area contributed by atoms with Crippen molar-refractivity contribution >= 4 is 33.4 Å². The molecule has 2 heterocycles. The molecule has 2 aromatic rings. The van der Waals surface area contributed by atoms with E-state index in [1.54, 1.807) is 11.3 Å². The van der Waals surface area contributed by atoms with Crippen molar-refractivity contribution in [3.05, 3.63) is 29.3 Å². The molecule has 1 saturated carbocycles. The van der Waals surface area contributed by atoms with E-state index < -0.39 is 0 Å². The number of carbonyl (C=O) groups is 2. The lowest BCUT2D eigenvalue weighted by atomic mass is 9.95. The summed E-state index contributed by atoms with van der Waals surface area (Å²) in [5.74, 6) is 0.674. The van der Waals surface area contributed by atoms with Gasteiger partial charge < -0.3 is 10.2 Å². The molecule has 1 aromatic heterocycles. The first-order valence-electron chi connectivity index (χ1n) is 8.61. The van der Waals surface area contributed by atoms with E-state index in [2.05, 4.69) is 10.3 Å². The van der Waals surface area contributed by atoms with Gasteiger partial charge in [-0.2, -0.15) is 0 Å². The third-order valence-electron chi connectivity index (χ3n) is 4.86. The van der Waals surface area contributed by atoms with Crippen molar-refractivity contribution in [3.63, 3.8) is 0 Å². The highest BCUT2D eigenvalue weighted by atomic mass is 32.1. The Bertz CT molecular complexity index is 727. The van der Waals surface area contributed by atoms with Gasteiger partial charge in [-0.3, -0.25) is 9.59 Å². The van der Waals surface area contributed by atoms with Crippen LogP contribution in [0.25, 0.3) is 10.2 Å². The highest BCUT2D eigenvalue weighted by Crippen LogP contribution is 2.32. The number of amides is 2. The van der Waals surface area contributed by atoms with Crippen LogP contribution in [0.15, 0.2) is 24.3 Å². The zero-order valence-electron chi connectivity index (χ0n) is 13.5. The van der Waals surface area contributed by atoms with Crippen molar-refractivity contribution in [1.82, 2.24) is 15.2 Å². The van der Waals surface area contributed by atoms with Gasteiger partial charge in [0.05, 0.1) is 16.8 Å². The van der Waals surface area contributed by atoms with E-state index in [0.717, 1.165) is 40.9 Å². The van der Waals surface area contributed by atoms with Crippen molar-refractivity contribution < 1.29 is 9.59 Å². The summed E-state index contributed by atoms with van der Waals surface area (Å²) >= 11 is 1.62. The molecule has 5 nitrogen and oxygen atoms in total. The number of likely N-dealkylation sites (tertiary alicyclic amines) is 1. The predicted molar refractivity (Wildman–Crippen MR) is 93.5 cm³/mol. The van der Waals surface area contributed by atoms with Crippen LogP contribution in [0, 0.1) is 11.8 Å². The molecule has 1 aromatic carbocycles. The highest BCUT2D eigenvalue weighted by Gasteiger charge is 2.35. The first-order chi connectivity index (χ1) is 11.7. The number of benzene rings is 1. The van der Waals surface area contributed by atoms with Gasteiger partial charge in [0.25, 0.3) is 0 Å². The van der Waals surface area contributed by atoms with Crippen LogP contribution in [0.4, 0.5) is 0 Å². The maximum absolute atomic E-state index is 12.4. The van der Waals surface area contributed by atoms with E-state index in [1.807, 2.05) is 29.2 Å². The number of thiazole rings is 1. The van der Waals surface area contributed by atoms with Gasteiger partial charge in [-0.05, 0) is 37.8 Å². The molecular weight excluding hydrogens is 322 g/mol. The van der Waals surface area contributed by atoms with E-state index in [-0.39, 0.29) is 17.7 Å². The van der Waals surface area contributed by atoms with Gasteiger partial charge in [-0.1, -0.05) is 12.1 Å². The molecule has 24 heavy (non-hydrogen) atoms. The first kappa shape index (κ1) is 15.6. The van der Waals surface area contributed by atoms with Crippen LogP contribution in [0.2, 0.25) is 0 Å². The summed E-state index contributed by atoms with van der Waals surface area (Å²) < 4.78 is 1.15. The molecule has 2 amide bonds. The number of hydrogen-bond donors (Lipinski definition) is 1. The summed E-state index contributed by atoms with van der Waals surface area (Å²) in [7, 11) is 0. The summed E-state index contributed by atoms with van der Waals surface area (Å²) in [6, 6.07) is 8.01. The molecule has 0 unspecified atom stereocenters. The largest absolute Gasteiger partial charge is 0.349 e. The fourth-order valence-electron chi connectivity index (χ4n) is 3.25. The molecule has 1 saturated heterocycles. The van der Waals surface area contributed by atoms with Gasteiger partial charge >= 0.3 is 0 Å². The molecule has 1 N–H and O–H groups in total. The molecular formula is C18H21N3O2S. The van der Waals surface area contributed by atoms with Gasteiger partial charge in [0.15, 0.2) is 0 Å². The van der Waals surface area contributed by atoms with Crippen LogP contribution in [-0.2, 0) is 16.1 Å². The van der Waals surface area contributed by atoms with E-state index in [4.69, 9.17) is 0 Å². The van der Waals surface area contributed by atoms with Crippen LogP contribution in [0.3, 0.4) is 0 Å². The average Bonchev–Trinajstić information content (AvgIpc) is 3.38. The summed E-state index contributed by atoms with van der Waals surface area (Å²) in [6.07, 6.45) is 3.62. The van der Waals surface area contributed by atoms with E-state index in [0.29, 0.717) is 25.5 Å². The number of para-hydroxylation sites is 1. The van der Waals surface area contributed by atoms with Gasteiger partial charge in [-0.15, -0.1) is 11.3 Å². The summed E-state index contributed by atoms with van der Waals surface area (Å²) in [4.78, 5) is 30.9. The number of nitrogens with one attached hydrogen (secondary N) is 1. The maximum Gasteiger partial charge on any atom is 0.225 e. The fourth-order valence-corrected chi connectivity index (χ4v) is 4.16. The smallest absolute Gasteiger partial charge is 0.225 e. The van der Waals surface area contributed by atoms with Crippen LogP contribution >= 0.6 is 11.3 Å². The lowest BCUT2D eigenvalue weighted by molar-refractivity contribution is -0.136. The van der Waals surface area contributed by atoms with Crippen LogP contribution in [0.1, 0.15) is 30.7 Å². The van der Waals surface area contributed by atoms with Crippen molar-refractivity contribution in [3.8, 4) is 0 Å². The Labute approximate surface area is 145 Å². The molecule has 0 atom stereocenters. The number of fused-ring (bicyclic) bond motifs is 1. The van der Waals surface area contributed by atoms with E-state index in [1.165, 1.54) is 0 Å². The molecule has 0 bridgehead atoms. The molecule has 1 aliphatic carbocycles. The average molecular weight is 343 g/mol. The molecule has 1 aliphatic heterocycles. The first-order valence-corrected chi connectivity index (χ1v) is 9.43. The second-order valence-corrected chi connectivity index (χ2v) is 7.78. The molecule has 4 rings (SSSR count). The molecule has 2 fully saturated rings. The van der Waals surface area contributed by atoms with Crippen molar-refractivity contribution in [1.29, 1.82) is 0 Å². The lowest BCUT2D eigenvalue weighted by Gasteiger charge is -2.31. The third-order valence-corrected chi connectivity index (χ3v) is 5.89. The normalized spacial score (nSPS) is 18.8. The van der Waals surface area contributed by atoms with Gasteiger partial charge in [0.1, 0.15) is 5.01 Å². The Balaban J connectivity index is 1.28. The summed E-state index contributed by atoms with van der Waals surface area (Å²) in [5, 5.41) is 3.95. The molecule has 6 heteroatoms. The number of nitrogens with zero attached hydrogens (tertiary/aromatic N) is 2. The fraction of sp³-hybridized carbons (Fsp3) is 0.500. The van der Waals surface area contributed by atoms with Crippen molar-refractivity contribution in [2.75, 3.05) is 13.1 Å². The Morgan fingerprint density at radius 3 is 2.58 bits per heavy atom. The Morgan fingerprint density at radius 2 is 1.88 bits per heavy atom. The van der Waals surface area contributed by atoms with Crippen molar-refractivity contribution in [2.45, 2.75) is 32.2 Å². The number of rotatable bonds is 4. The van der Waals surface area contributed by atoms with Crippen LogP contribution in [0.5, 0.6) is 0 Å². The standard InChI is InChI=1S/C18H21N3O2S/c22-17(12-7-9-21(10-8-12)18(23)13-5-6-13)19-11-16-20-14-3-1-2-4-15(14)24-16/h1-4,12-13H,5-11H2,(H,19,22). The Morgan fingerprint density at radius 1 is 1.12 bits per heavy atom. The number of aromatic nitrogens is 1. The summed E-state index contributed by atoms with van der Waals surface area (Å²) in [6.45, 7) is 1.92. The van der Waals surface area contributed by atoms with Crippen LogP contribution in [-0.4, -0.2) is 34.8 Å². The topological polar surface area (TPSA) is 62.3 Å². The van der Waals surface area contributed by atoms with E-state index in [9.17, 15) is 9.59 Å². The minimum absolute atomic E-state index is 0.0163. The quantitative estimate of drug-likeness (QED) is 0.928. The molecule has 0 spiro atoms. The monoisotopic (exact) mass is 343 g/mol. The second kappa shape index (κ2) is 6.51. The zero-order valence-corrected chi connectivity index (χ0v) is 14.3. The predicted octanol–water partition coefficient (Wildman–Crippen LogP) is 2.56. The summed E-state index contributed by atoms with van der Waals surface area (Å²) in [5.41, 5.74) is 0.985. The number of piperidine rings is 1.